The number of H-pyrrole nitrogens is 1. The van der Waals surface area contributed by atoms with Gasteiger partial charge < -0.3 is 20.1 Å². The van der Waals surface area contributed by atoms with E-state index >= 15 is 0 Å². The van der Waals surface area contributed by atoms with Crippen LogP contribution < -0.4 is 15.8 Å². The molecular weight excluding hydrogens is 434 g/mol. The molecule has 0 unspecified atom stereocenters. The summed E-state index contributed by atoms with van der Waals surface area (Å²) in [5.74, 6) is 0.516. The van der Waals surface area contributed by atoms with Crippen LogP contribution in [0.5, 0.6) is 0 Å². The van der Waals surface area contributed by atoms with Crippen molar-refractivity contribution >= 4 is 38.8 Å². The van der Waals surface area contributed by atoms with E-state index < -0.39 is 0 Å². The highest BCUT2D eigenvalue weighted by molar-refractivity contribution is 7.18. The van der Waals surface area contributed by atoms with Crippen molar-refractivity contribution < 1.29 is 4.79 Å². The molecule has 1 aliphatic heterocycles. The summed E-state index contributed by atoms with van der Waals surface area (Å²) in [6.45, 7) is 6.19. The summed E-state index contributed by atoms with van der Waals surface area (Å²) in [6.07, 6.45) is 5.02. The lowest BCUT2D eigenvalue weighted by atomic mass is 9.97. The largest absolute Gasteiger partial charge is 0.369 e. The number of anilines is 2. The van der Waals surface area contributed by atoms with Crippen LogP contribution in [0.3, 0.4) is 0 Å². The molecule has 7 nitrogen and oxygen atoms in total. The first-order valence-electron chi connectivity index (χ1n) is 11.9. The fraction of sp³-hybridized carbons (Fsp3) is 0.480. The van der Waals surface area contributed by atoms with Gasteiger partial charge in [-0.3, -0.25) is 9.59 Å². The zero-order valence-electron chi connectivity index (χ0n) is 19.4. The number of aromatic nitrogens is 2. The van der Waals surface area contributed by atoms with Crippen LogP contribution in [0.15, 0.2) is 23.0 Å². The Morgan fingerprint density at radius 3 is 2.76 bits per heavy atom. The Balaban J connectivity index is 1.23. The lowest BCUT2D eigenvalue weighted by Gasteiger charge is -2.34. The van der Waals surface area contributed by atoms with E-state index in [1.54, 1.807) is 11.3 Å². The van der Waals surface area contributed by atoms with Crippen LogP contribution in [0.4, 0.5) is 11.4 Å². The maximum atomic E-state index is 12.7. The number of likely N-dealkylation sites (N-methyl/N-ethyl adjacent to an activating group) is 1. The summed E-state index contributed by atoms with van der Waals surface area (Å²) in [5, 5.41) is 3.79. The number of aryl methyl sites for hydroxylation is 4. The van der Waals surface area contributed by atoms with Gasteiger partial charge in [-0.15, -0.1) is 11.3 Å². The Hall–Kier alpha value is -2.71. The molecule has 1 saturated heterocycles. The topological polar surface area (TPSA) is 81.3 Å². The zero-order chi connectivity index (χ0) is 22.9. The molecule has 5 rings (SSSR count). The predicted octanol–water partition coefficient (Wildman–Crippen LogP) is 3.49. The second-order valence-electron chi connectivity index (χ2n) is 9.24. The second-order valence-corrected chi connectivity index (χ2v) is 10.3. The van der Waals surface area contributed by atoms with E-state index in [1.807, 2.05) is 13.0 Å². The van der Waals surface area contributed by atoms with Crippen LogP contribution in [0.2, 0.25) is 0 Å². The number of piperazine rings is 1. The number of aromatic amines is 1. The normalized spacial score (nSPS) is 16.7. The van der Waals surface area contributed by atoms with Gasteiger partial charge in [-0.25, -0.2) is 4.98 Å². The van der Waals surface area contributed by atoms with E-state index in [2.05, 4.69) is 44.3 Å². The molecule has 3 heterocycles. The molecular formula is C25H31N5O2S. The number of rotatable bonds is 5. The first-order chi connectivity index (χ1) is 16.0. The molecule has 1 amide bonds. The second kappa shape index (κ2) is 9.27. The number of hydrogen-bond acceptors (Lipinski definition) is 6. The molecule has 174 valence electrons. The Morgan fingerprint density at radius 1 is 1.18 bits per heavy atom. The number of amides is 1. The number of carbonyl (C=O) groups is 1. The summed E-state index contributed by atoms with van der Waals surface area (Å²) < 4.78 is 0. The summed E-state index contributed by atoms with van der Waals surface area (Å²) in [5.41, 5.74) is 4.21. The Kier molecular flexibility index (Phi) is 6.21. The highest BCUT2D eigenvalue weighted by Gasteiger charge is 2.20. The van der Waals surface area contributed by atoms with Gasteiger partial charge in [-0.05, 0) is 69.0 Å². The number of benzene rings is 1. The molecule has 0 spiro atoms. The minimum Gasteiger partial charge on any atom is -0.369 e. The van der Waals surface area contributed by atoms with Gasteiger partial charge in [0.05, 0.1) is 5.39 Å². The molecule has 8 heteroatoms. The van der Waals surface area contributed by atoms with Crippen LogP contribution in [-0.4, -0.2) is 54.0 Å². The smallest absolute Gasteiger partial charge is 0.259 e. The highest BCUT2D eigenvalue weighted by Crippen LogP contribution is 2.33. The lowest BCUT2D eigenvalue weighted by molar-refractivity contribution is -0.116. The van der Waals surface area contributed by atoms with E-state index in [1.165, 1.54) is 22.5 Å². The van der Waals surface area contributed by atoms with Gasteiger partial charge in [0.15, 0.2) is 0 Å². The van der Waals surface area contributed by atoms with Crippen molar-refractivity contribution in [1.29, 1.82) is 0 Å². The van der Waals surface area contributed by atoms with E-state index in [9.17, 15) is 9.59 Å². The number of nitrogens with zero attached hydrogens (tertiary/aromatic N) is 3. The van der Waals surface area contributed by atoms with E-state index in [4.69, 9.17) is 0 Å². The molecule has 2 N–H and O–H groups in total. The number of hydrogen-bond donors (Lipinski definition) is 2. The Bertz CT molecular complexity index is 1240. The third-order valence-electron chi connectivity index (χ3n) is 6.82. The Morgan fingerprint density at radius 2 is 1.97 bits per heavy atom. The van der Waals surface area contributed by atoms with Gasteiger partial charge in [-0.1, -0.05) is 0 Å². The molecule has 0 bridgehead atoms. The summed E-state index contributed by atoms with van der Waals surface area (Å²) in [7, 11) is 2.15. The van der Waals surface area contributed by atoms with E-state index in [0.29, 0.717) is 12.2 Å². The summed E-state index contributed by atoms with van der Waals surface area (Å²) >= 11 is 1.64. The summed E-state index contributed by atoms with van der Waals surface area (Å²) in [6, 6.07) is 6.22. The summed E-state index contributed by atoms with van der Waals surface area (Å²) in [4.78, 5) is 39.8. The van der Waals surface area contributed by atoms with Crippen molar-refractivity contribution in [1.82, 2.24) is 14.9 Å². The molecule has 1 fully saturated rings. The van der Waals surface area contributed by atoms with Gasteiger partial charge >= 0.3 is 0 Å². The highest BCUT2D eigenvalue weighted by atomic mass is 32.1. The third kappa shape index (κ3) is 4.68. The van der Waals surface area contributed by atoms with Crippen LogP contribution in [0, 0.1) is 6.92 Å². The number of nitrogens with one attached hydrogen (secondary N) is 2. The van der Waals surface area contributed by atoms with E-state index in [0.717, 1.165) is 66.9 Å². The monoisotopic (exact) mass is 465 g/mol. The van der Waals surface area contributed by atoms with Crippen molar-refractivity contribution in [2.45, 2.75) is 45.4 Å². The Labute approximate surface area is 197 Å². The van der Waals surface area contributed by atoms with Crippen LogP contribution in [0.25, 0.3) is 10.2 Å². The van der Waals surface area contributed by atoms with Crippen molar-refractivity contribution in [3.63, 3.8) is 0 Å². The number of carbonyl (C=O) groups excluding carboxylic acids is 1. The third-order valence-corrected chi connectivity index (χ3v) is 8.00. The van der Waals surface area contributed by atoms with Gasteiger partial charge in [0.2, 0.25) is 5.91 Å². The van der Waals surface area contributed by atoms with Crippen molar-refractivity contribution in [2.24, 2.45) is 0 Å². The molecule has 0 saturated carbocycles. The maximum absolute atomic E-state index is 12.7. The van der Waals surface area contributed by atoms with Crippen molar-refractivity contribution in [3.05, 3.63) is 50.4 Å². The van der Waals surface area contributed by atoms with Crippen LogP contribution in [-0.2, 0) is 24.1 Å². The van der Waals surface area contributed by atoms with Crippen molar-refractivity contribution in [3.8, 4) is 0 Å². The molecule has 2 aliphatic rings. The van der Waals surface area contributed by atoms with Gasteiger partial charge in [-0.2, -0.15) is 0 Å². The molecule has 1 aliphatic carbocycles. The minimum absolute atomic E-state index is 0.0647. The molecule has 2 aromatic heterocycles. The SMILES string of the molecule is Cc1cc(N2CCN(C)CC2)ccc1NC(=O)CCc1nc2sc3c(c2c(=O)[nH]1)CCCC3. The van der Waals surface area contributed by atoms with E-state index in [-0.39, 0.29) is 17.9 Å². The average molecular weight is 466 g/mol. The average Bonchev–Trinajstić information content (AvgIpc) is 3.18. The number of thiophene rings is 1. The minimum atomic E-state index is -0.0707. The zero-order valence-corrected chi connectivity index (χ0v) is 20.2. The maximum Gasteiger partial charge on any atom is 0.259 e. The standard InChI is InChI=1S/C25H31N5O2S/c1-16-15-17(30-13-11-29(2)12-14-30)7-8-19(16)26-22(31)10-9-21-27-24(32)23-18-5-3-4-6-20(18)33-25(23)28-21/h7-8,15H,3-6,9-14H2,1-2H3,(H,26,31)(H,27,28,32). The molecule has 0 radical (unpaired) electrons. The first-order valence-corrected chi connectivity index (χ1v) is 12.7. The number of fused-ring (bicyclic) bond motifs is 3. The fourth-order valence-corrected chi connectivity index (χ4v) is 6.10. The molecule has 3 aromatic rings. The lowest BCUT2D eigenvalue weighted by Crippen LogP contribution is -2.44. The molecule has 1 aromatic carbocycles. The molecule has 33 heavy (non-hydrogen) atoms. The first kappa shape index (κ1) is 22.1. The van der Waals surface area contributed by atoms with Gasteiger partial charge in [0.25, 0.3) is 5.56 Å². The van der Waals surface area contributed by atoms with Crippen molar-refractivity contribution in [2.75, 3.05) is 43.4 Å². The molecule has 0 atom stereocenters. The fourth-order valence-electron chi connectivity index (χ4n) is 4.82. The quantitative estimate of drug-likeness (QED) is 0.603. The van der Waals surface area contributed by atoms with Gasteiger partial charge in [0, 0.05) is 55.3 Å². The predicted molar refractivity (Wildman–Crippen MR) is 135 cm³/mol. The van der Waals surface area contributed by atoms with Crippen LogP contribution in [0.1, 0.15) is 41.1 Å². The van der Waals surface area contributed by atoms with Gasteiger partial charge in [0.1, 0.15) is 10.7 Å². The van der Waals surface area contributed by atoms with Crippen LogP contribution >= 0.6 is 11.3 Å².